The summed E-state index contributed by atoms with van der Waals surface area (Å²) in [4.78, 5) is 13.2. The second kappa shape index (κ2) is 5.60. The molecule has 2 aromatic rings. The molecule has 8 heteroatoms. The molecule has 0 saturated heterocycles. The number of alkyl halides is 3. The fourth-order valence-electron chi connectivity index (χ4n) is 2.58. The average molecular weight is 324 g/mol. The Kier molecular flexibility index (Phi) is 3.75. The number of hydrogen-bond donors (Lipinski definition) is 2. The van der Waals surface area contributed by atoms with Crippen molar-refractivity contribution in [1.29, 1.82) is 0 Å². The number of carbonyl (C=O) groups excluding carboxylic acids is 1. The van der Waals surface area contributed by atoms with Crippen molar-refractivity contribution in [2.45, 2.75) is 26.1 Å². The van der Waals surface area contributed by atoms with Crippen LogP contribution in [-0.2, 0) is 23.9 Å². The minimum atomic E-state index is -4.39. The lowest BCUT2D eigenvalue weighted by Gasteiger charge is -2.25. The monoisotopic (exact) mass is 324 g/mol. The molecule has 1 amide bonds. The van der Waals surface area contributed by atoms with E-state index in [1.165, 1.54) is 13.0 Å². The summed E-state index contributed by atoms with van der Waals surface area (Å²) in [6.07, 6.45) is -3.75. The first-order valence-electron chi connectivity index (χ1n) is 7.10. The highest BCUT2D eigenvalue weighted by Gasteiger charge is 2.30. The molecule has 3 rings (SSSR count). The van der Waals surface area contributed by atoms with Gasteiger partial charge in [0.15, 0.2) is 5.82 Å². The number of halogens is 3. The van der Waals surface area contributed by atoms with Crippen LogP contribution in [0.15, 0.2) is 24.3 Å². The molecule has 0 spiro atoms. The second-order valence-electron chi connectivity index (χ2n) is 5.42. The average Bonchev–Trinajstić information content (AvgIpc) is 2.89. The van der Waals surface area contributed by atoms with E-state index in [0.29, 0.717) is 31.0 Å². The van der Waals surface area contributed by atoms with Crippen molar-refractivity contribution >= 4 is 17.4 Å². The minimum absolute atomic E-state index is 0.0399. The number of carbonyl (C=O) groups is 1. The normalized spacial score (nSPS) is 14.5. The molecule has 1 aliphatic heterocycles. The fraction of sp³-hybridized carbons (Fsp3) is 0.333. The second-order valence-corrected chi connectivity index (χ2v) is 5.42. The van der Waals surface area contributed by atoms with Gasteiger partial charge in [-0.3, -0.25) is 9.89 Å². The number of rotatable bonds is 2. The van der Waals surface area contributed by atoms with Gasteiger partial charge in [-0.15, -0.1) is 0 Å². The SMILES string of the molecule is CC(=O)N1CCc2[nH]nc(Nc3cccc(C(F)(F)F)c3)c2C1. The smallest absolute Gasteiger partial charge is 0.338 e. The van der Waals surface area contributed by atoms with Gasteiger partial charge in [-0.25, -0.2) is 0 Å². The number of H-pyrrole nitrogens is 1. The summed E-state index contributed by atoms with van der Waals surface area (Å²) < 4.78 is 38.3. The molecular weight excluding hydrogens is 309 g/mol. The molecule has 0 unspecified atom stereocenters. The Morgan fingerprint density at radius 2 is 2.17 bits per heavy atom. The number of benzene rings is 1. The molecule has 23 heavy (non-hydrogen) atoms. The predicted octanol–water partition coefficient (Wildman–Crippen LogP) is 3.08. The van der Waals surface area contributed by atoms with E-state index in [0.717, 1.165) is 23.4 Å². The van der Waals surface area contributed by atoms with Crippen molar-refractivity contribution in [3.63, 3.8) is 0 Å². The molecule has 2 N–H and O–H groups in total. The van der Waals surface area contributed by atoms with E-state index >= 15 is 0 Å². The van der Waals surface area contributed by atoms with E-state index < -0.39 is 11.7 Å². The van der Waals surface area contributed by atoms with Crippen molar-refractivity contribution in [2.24, 2.45) is 0 Å². The van der Waals surface area contributed by atoms with Gasteiger partial charge in [-0.05, 0) is 18.2 Å². The van der Waals surface area contributed by atoms with Crippen molar-refractivity contribution in [3.8, 4) is 0 Å². The lowest BCUT2D eigenvalue weighted by atomic mass is 10.1. The summed E-state index contributed by atoms with van der Waals surface area (Å²) >= 11 is 0. The zero-order valence-corrected chi connectivity index (χ0v) is 12.4. The number of aromatic amines is 1. The van der Waals surface area contributed by atoms with Crippen LogP contribution in [0.2, 0.25) is 0 Å². The number of anilines is 2. The molecule has 0 radical (unpaired) electrons. The van der Waals surface area contributed by atoms with Crippen LogP contribution < -0.4 is 5.32 Å². The maximum Gasteiger partial charge on any atom is 0.416 e. The summed E-state index contributed by atoms with van der Waals surface area (Å²) in [6.45, 7) is 2.49. The van der Waals surface area contributed by atoms with Gasteiger partial charge in [-0.2, -0.15) is 18.3 Å². The van der Waals surface area contributed by atoms with Crippen LogP contribution in [0.5, 0.6) is 0 Å². The molecule has 5 nitrogen and oxygen atoms in total. The number of fused-ring (bicyclic) bond motifs is 1. The maximum absolute atomic E-state index is 12.8. The molecule has 0 fully saturated rings. The van der Waals surface area contributed by atoms with Gasteiger partial charge in [-0.1, -0.05) is 6.07 Å². The molecular formula is C15H15F3N4O. The van der Waals surface area contributed by atoms with E-state index in [4.69, 9.17) is 0 Å². The summed E-state index contributed by atoms with van der Waals surface area (Å²) in [5.41, 5.74) is 1.28. The Balaban J connectivity index is 1.85. The summed E-state index contributed by atoms with van der Waals surface area (Å²) in [7, 11) is 0. The molecule has 1 aromatic heterocycles. The third kappa shape index (κ3) is 3.15. The number of amides is 1. The van der Waals surface area contributed by atoms with Crippen LogP contribution in [-0.4, -0.2) is 27.5 Å². The number of nitrogens with one attached hydrogen (secondary N) is 2. The predicted molar refractivity (Wildman–Crippen MR) is 78.1 cm³/mol. The highest BCUT2D eigenvalue weighted by Crippen LogP contribution is 2.32. The molecule has 0 atom stereocenters. The van der Waals surface area contributed by atoms with E-state index in [1.807, 2.05) is 0 Å². The molecule has 0 aliphatic carbocycles. The van der Waals surface area contributed by atoms with Crippen molar-refractivity contribution in [2.75, 3.05) is 11.9 Å². The highest BCUT2D eigenvalue weighted by atomic mass is 19.4. The summed E-state index contributed by atoms with van der Waals surface area (Å²) in [6, 6.07) is 4.93. The molecule has 1 aliphatic rings. The first-order valence-corrected chi connectivity index (χ1v) is 7.10. The van der Waals surface area contributed by atoms with Gasteiger partial charge >= 0.3 is 6.18 Å². The zero-order chi connectivity index (χ0) is 16.6. The van der Waals surface area contributed by atoms with Crippen LogP contribution in [0.25, 0.3) is 0 Å². The number of aromatic nitrogens is 2. The molecule has 1 aromatic carbocycles. The lowest BCUT2D eigenvalue weighted by Crippen LogP contribution is -2.34. The number of nitrogens with zero attached hydrogens (tertiary/aromatic N) is 2. The van der Waals surface area contributed by atoms with Gasteiger partial charge in [0.2, 0.25) is 5.91 Å². The summed E-state index contributed by atoms with van der Waals surface area (Å²) in [5.74, 6) is 0.409. The van der Waals surface area contributed by atoms with E-state index in [9.17, 15) is 18.0 Å². The minimum Gasteiger partial charge on any atom is -0.338 e. The van der Waals surface area contributed by atoms with Crippen molar-refractivity contribution in [1.82, 2.24) is 15.1 Å². The van der Waals surface area contributed by atoms with Crippen LogP contribution >= 0.6 is 0 Å². The Hall–Kier alpha value is -2.51. The van der Waals surface area contributed by atoms with Gasteiger partial charge in [0.05, 0.1) is 12.1 Å². The molecule has 0 bridgehead atoms. The quantitative estimate of drug-likeness (QED) is 0.892. The Morgan fingerprint density at radius 3 is 2.87 bits per heavy atom. The van der Waals surface area contributed by atoms with E-state index in [2.05, 4.69) is 15.5 Å². The number of hydrogen-bond acceptors (Lipinski definition) is 3. The third-order valence-electron chi connectivity index (χ3n) is 3.83. The Bertz CT molecular complexity index is 739. The zero-order valence-electron chi connectivity index (χ0n) is 12.4. The maximum atomic E-state index is 12.8. The van der Waals surface area contributed by atoms with Crippen LogP contribution in [0.3, 0.4) is 0 Å². The Labute approximate surface area is 130 Å². The standard InChI is InChI=1S/C15H15F3N4O/c1-9(23)22-6-5-13-12(8-22)14(21-20-13)19-11-4-2-3-10(7-11)15(16,17)18/h2-4,7H,5-6,8H2,1H3,(H2,19,20,21). The van der Waals surface area contributed by atoms with Gasteiger partial charge < -0.3 is 10.2 Å². The highest BCUT2D eigenvalue weighted by molar-refractivity contribution is 5.74. The molecule has 122 valence electrons. The van der Waals surface area contributed by atoms with E-state index in [-0.39, 0.29) is 5.91 Å². The van der Waals surface area contributed by atoms with Gasteiger partial charge in [0, 0.05) is 36.8 Å². The van der Waals surface area contributed by atoms with Crippen molar-refractivity contribution < 1.29 is 18.0 Å². The van der Waals surface area contributed by atoms with Crippen molar-refractivity contribution in [3.05, 3.63) is 41.1 Å². The first kappa shape index (κ1) is 15.4. The lowest BCUT2D eigenvalue weighted by molar-refractivity contribution is -0.137. The molecule has 0 saturated carbocycles. The van der Waals surface area contributed by atoms with Gasteiger partial charge in [0.1, 0.15) is 0 Å². The third-order valence-corrected chi connectivity index (χ3v) is 3.83. The molecule has 2 heterocycles. The fourth-order valence-corrected chi connectivity index (χ4v) is 2.58. The van der Waals surface area contributed by atoms with Crippen LogP contribution in [0.1, 0.15) is 23.7 Å². The van der Waals surface area contributed by atoms with Crippen LogP contribution in [0, 0.1) is 0 Å². The summed E-state index contributed by atoms with van der Waals surface area (Å²) in [5, 5.41) is 9.91. The van der Waals surface area contributed by atoms with Gasteiger partial charge in [0.25, 0.3) is 0 Å². The van der Waals surface area contributed by atoms with Crippen LogP contribution in [0.4, 0.5) is 24.7 Å². The van der Waals surface area contributed by atoms with E-state index in [1.54, 1.807) is 11.0 Å². The largest absolute Gasteiger partial charge is 0.416 e. The Morgan fingerprint density at radius 1 is 1.39 bits per heavy atom. The topological polar surface area (TPSA) is 61.0 Å². The first-order chi connectivity index (χ1) is 10.8.